The summed E-state index contributed by atoms with van der Waals surface area (Å²) in [5, 5.41) is 13.6. The van der Waals surface area contributed by atoms with Crippen LogP contribution in [0.25, 0.3) is 22.0 Å². The van der Waals surface area contributed by atoms with Crippen LogP contribution in [0.1, 0.15) is 23.3 Å². The molecule has 0 radical (unpaired) electrons. The first kappa shape index (κ1) is 18.9. The second kappa shape index (κ2) is 8.20. The van der Waals surface area contributed by atoms with Gasteiger partial charge < -0.3 is 26.9 Å². The predicted molar refractivity (Wildman–Crippen MR) is 104 cm³/mol. The fraction of sp³-hybridized carbons (Fsp3) is 0.250. The van der Waals surface area contributed by atoms with Gasteiger partial charge in [-0.1, -0.05) is 24.3 Å². The summed E-state index contributed by atoms with van der Waals surface area (Å²) in [5.41, 5.74) is 13.5. The van der Waals surface area contributed by atoms with Gasteiger partial charge in [0.05, 0.1) is 5.52 Å². The van der Waals surface area contributed by atoms with E-state index in [4.69, 9.17) is 11.5 Å². The van der Waals surface area contributed by atoms with Gasteiger partial charge in [0, 0.05) is 23.5 Å². The minimum atomic E-state index is -0.363. The lowest BCUT2D eigenvalue weighted by molar-refractivity contribution is 0.0947. The lowest BCUT2D eigenvalue weighted by Gasteiger charge is -2.12. The highest BCUT2D eigenvalue weighted by Crippen LogP contribution is 2.36. The zero-order chi connectivity index (χ0) is 19.4. The van der Waals surface area contributed by atoms with Crippen molar-refractivity contribution in [3.63, 3.8) is 0 Å². The van der Waals surface area contributed by atoms with E-state index in [9.17, 15) is 14.3 Å². The molecule has 7 N–H and O–H groups in total. The molecule has 3 rings (SSSR count). The Balaban J connectivity index is 1.96. The van der Waals surface area contributed by atoms with Gasteiger partial charge in [-0.05, 0) is 43.1 Å². The number of benzene rings is 2. The van der Waals surface area contributed by atoms with Crippen molar-refractivity contribution in [1.29, 1.82) is 0 Å². The Morgan fingerprint density at radius 1 is 1.22 bits per heavy atom. The van der Waals surface area contributed by atoms with Crippen molar-refractivity contribution >= 4 is 16.8 Å². The van der Waals surface area contributed by atoms with Gasteiger partial charge in [0.25, 0.3) is 5.91 Å². The molecule has 0 aliphatic rings. The summed E-state index contributed by atoms with van der Waals surface area (Å²) in [6, 6.07) is 10.7. The number of rotatable bonds is 7. The van der Waals surface area contributed by atoms with Gasteiger partial charge in [0.2, 0.25) is 0 Å². The summed E-state index contributed by atoms with van der Waals surface area (Å²) in [6.07, 6.45) is 1.51. The number of aromatic nitrogens is 1. The Bertz CT molecular complexity index is 937. The van der Waals surface area contributed by atoms with Gasteiger partial charge in [-0.15, -0.1) is 0 Å². The lowest BCUT2D eigenvalue weighted by Crippen LogP contribution is -2.37. The standard InChI is InChI=1S/C20H23FN4O2/c21-13-8-6-12(7-9-13)17-15-4-1-5-16(26)18(15)25-19(17)20(27)24-11-14(23)3-2-10-22/h1,4-9,14,25-26H,2-3,10-11,22-23H2,(H,24,27)/t14-/m0/s1. The van der Waals surface area contributed by atoms with Crippen LogP contribution >= 0.6 is 0 Å². The molecule has 1 aromatic heterocycles. The Kier molecular flexibility index (Phi) is 5.73. The number of fused-ring (bicyclic) bond motifs is 1. The summed E-state index contributed by atoms with van der Waals surface area (Å²) in [6.45, 7) is 0.862. The third kappa shape index (κ3) is 4.10. The first-order valence-corrected chi connectivity index (χ1v) is 8.84. The monoisotopic (exact) mass is 370 g/mol. The van der Waals surface area contributed by atoms with E-state index in [1.54, 1.807) is 24.3 Å². The number of amides is 1. The van der Waals surface area contributed by atoms with E-state index in [-0.39, 0.29) is 23.5 Å². The van der Waals surface area contributed by atoms with Crippen LogP contribution in [-0.2, 0) is 0 Å². The zero-order valence-electron chi connectivity index (χ0n) is 14.8. The quantitative estimate of drug-likeness (QED) is 0.439. The summed E-state index contributed by atoms with van der Waals surface area (Å²) in [4.78, 5) is 15.8. The Morgan fingerprint density at radius 2 is 1.96 bits per heavy atom. The highest BCUT2D eigenvalue weighted by molar-refractivity contribution is 6.10. The maximum absolute atomic E-state index is 13.3. The molecule has 0 aliphatic carbocycles. The van der Waals surface area contributed by atoms with E-state index < -0.39 is 0 Å². The van der Waals surface area contributed by atoms with Crippen LogP contribution in [0.15, 0.2) is 42.5 Å². The fourth-order valence-electron chi connectivity index (χ4n) is 3.08. The molecule has 3 aromatic rings. The SMILES string of the molecule is NCCC[C@H](N)CNC(=O)c1[nH]c2c(O)cccc2c1-c1ccc(F)cc1. The van der Waals surface area contributed by atoms with Gasteiger partial charge in [-0.25, -0.2) is 4.39 Å². The van der Waals surface area contributed by atoms with Crippen LogP contribution in [0, 0.1) is 5.82 Å². The molecule has 0 saturated heterocycles. The normalized spacial score (nSPS) is 12.3. The smallest absolute Gasteiger partial charge is 0.268 e. The topological polar surface area (TPSA) is 117 Å². The Morgan fingerprint density at radius 3 is 2.67 bits per heavy atom. The molecular weight excluding hydrogens is 347 g/mol. The number of hydrogen-bond donors (Lipinski definition) is 5. The molecule has 0 saturated carbocycles. The number of nitrogens with one attached hydrogen (secondary N) is 2. The van der Waals surface area contributed by atoms with E-state index in [1.807, 2.05) is 0 Å². The van der Waals surface area contributed by atoms with Crippen LogP contribution in [0.2, 0.25) is 0 Å². The molecule has 1 atom stereocenters. The molecule has 7 heteroatoms. The number of nitrogens with two attached hydrogens (primary N) is 2. The van der Waals surface area contributed by atoms with Crippen molar-refractivity contribution in [2.45, 2.75) is 18.9 Å². The second-order valence-corrected chi connectivity index (χ2v) is 6.48. The van der Waals surface area contributed by atoms with Crippen LogP contribution in [0.5, 0.6) is 5.75 Å². The summed E-state index contributed by atoms with van der Waals surface area (Å²) < 4.78 is 13.3. The summed E-state index contributed by atoms with van der Waals surface area (Å²) in [7, 11) is 0. The van der Waals surface area contributed by atoms with Crippen molar-refractivity contribution in [2.75, 3.05) is 13.1 Å². The van der Waals surface area contributed by atoms with Gasteiger partial charge >= 0.3 is 0 Å². The third-order valence-electron chi connectivity index (χ3n) is 4.48. The number of H-pyrrole nitrogens is 1. The largest absolute Gasteiger partial charge is 0.506 e. The van der Waals surface area contributed by atoms with Crippen LogP contribution in [-0.4, -0.2) is 35.1 Å². The van der Waals surface area contributed by atoms with Crippen molar-refractivity contribution in [1.82, 2.24) is 10.3 Å². The molecule has 0 spiro atoms. The number of halogens is 1. The molecule has 2 aromatic carbocycles. The lowest BCUT2D eigenvalue weighted by atomic mass is 10.0. The van der Waals surface area contributed by atoms with Crippen molar-refractivity contribution in [3.05, 3.63) is 54.0 Å². The average molecular weight is 370 g/mol. The molecule has 0 bridgehead atoms. The number of carbonyl (C=O) groups excluding carboxylic acids is 1. The average Bonchev–Trinajstić information content (AvgIpc) is 3.06. The maximum atomic E-state index is 13.3. The second-order valence-electron chi connectivity index (χ2n) is 6.48. The molecule has 0 aliphatic heterocycles. The van der Waals surface area contributed by atoms with E-state index in [2.05, 4.69) is 10.3 Å². The molecule has 6 nitrogen and oxygen atoms in total. The van der Waals surface area contributed by atoms with E-state index in [1.165, 1.54) is 18.2 Å². The molecule has 0 unspecified atom stereocenters. The number of hydrogen-bond acceptors (Lipinski definition) is 4. The van der Waals surface area contributed by atoms with Crippen LogP contribution in [0.4, 0.5) is 4.39 Å². The zero-order valence-corrected chi connectivity index (χ0v) is 14.8. The van der Waals surface area contributed by atoms with Crippen molar-refractivity contribution < 1.29 is 14.3 Å². The van der Waals surface area contributed by atoms with E-state index in [0.717, 1.165) is 12.8 Å². The highest BCUT2D eigenvalue weighted by atomic mass is 19.1. The first-order chi connectivity index (χ1) is 13.0. The Hall–Kier alpha value is -2.90. The molecule has 27 heavy (non-hydrogen) atoms. The van der Waals surface area contributed by atoms with Gasteiger partial charge in [0.15, 0.2) is 0 Å². The van der Waals surface area contributed by atoms with Gasteiger partial charge in [-0.3, -0.25) is 4.79 Å². The molecule has 1 heterocycles. The maximum Gasteiger partial charge on any atom is 0.268 e. The third-order valence-corrected chi connectivity index (χ3v) is 4.48. The number of phenolic OH excluding ortho intramolecular Hbond substituents is 1. The number of aromatic amines is 1. The van der Waals surface area contributed by atoms with Crippen molar-refractivity contribution in [2.24, 2.45) is 11.5 Å². The van der Waals surface area contributed by atoms with Crippen LogP contribution in [0.3, 0.4) is 0 Å². The molecule has 0 fully saturated rings. The van der Waals surface area contributed by atoms with E-state index >= 15 is 0 Å². The molecular formula is C20H23FN4O2. The predicted octanol–water partition coefficient (Wildman–Crippen LogP) is 2.48. The van der Waals surface area contributed by atoms with E-state index in [0.29, 0.717) is 40.8 Å². The van der Waals surface area contributed by atoms with Gasteiger partial charge in [-0.2, -0.15) is 0 Å². The van der Waals surface area contributed by atoms with Crippen LogP contribution < -0.4 is 16.8 Å². The van der Waals surface area contributed by atoms with Crippen molar-refractivity contribution in [3.8, 4) is 16.9 Å². The number of aromatic hydroxyl groups is 1. The molecule has 142 valence electrons. The highest BCUT2D eigenvalue weighted by Gasteiger charge is 2.21. The summed E-state index contributed by atoms with van der Waals surface area (Å²) in [5.74, 6) is -0.666. The number of carbonyl (C=O) groups is 1. The van der Waals surface area contributed by atoms with Gasteiger partial charge in [0.1, 0.15) is 17.3 Å². The molecule has 1 amide bonds. The first-order valence-electron chi connectivity index (χ1n) is 8.84. The fourth-order valence-corrected chi connectivity index (χ4v) is 3.08. The number of para-hydroxylation sites is 1. The Labute approximate surface area is 156 Å². The number of phenols is 1. The minimum absolute atomic E-state index is 0.0366. The summed E-state index contributed by atoms with van der Waals surface area (Å²) >= 11 is 0. The minimum Gasteiger partial charge on any atom is -0.506 e.